The summed E-state index contributed by atoms with van der Waals surface area (Å²) in [6.45, 7) is 7.93. The minimum absolute atomic E-state index is 0.0159. The summed E-state index contributed by atoms with van der Waals surface area (Å²) >= 11 is 6.18. The predicted octanol–water partition coefficient (Wildman–Crippen LogP) is 4.02. The summed E-state index contributed by atoms with van der Waals surface area (Å²) in [6.07, 6.45) is 2.83. The van der Waals surface area contributed by atoms with Gasteiger partial charge in [-0.25, -0.2) is 0 Å². The molecule has 0 bridgehead atoms. The molecule has 0 aliphatic heterocycles. The van der Waals surface area contributed by atoms with E-state index in [9.17, 15) is 4.79 Å². The van der Waals surface area contributed by atoms with E-state index in [1.807, 2.05) is 33.0 Å². The molecule has 0 atom stereocenters. The monoisotopic (exact) mass is 296 g/mol. The third kappa shape index (κ3) is 5.51. The summed E-state index contributed by atoms with van der Waals surface area (Å²) < 4.78 is 0. The number of nitrogens with zero attached hydrogens (tertiary/aromatic N) is 1. The van der Waals surface area contributed by atoms with E-state index < -0.39 is 0 Å². The quantitative estimate of drug-likeness (QED) is 0.824. The number of carbonyl (C=O) groups is 1. The van der Waals surface area contributed by atoms with Crippen LogP contribution in [0.15, 0.2) is 12.1 Å². The fraction of sp³-hybridized carbons (Fsp3) is 0.562. The molecule has 1 aromatic carbocycles. The van der Waals surface area contributed by atoms with Gasteiger partial charge in [0.05, 0.1) is 10.7 Å². The van der Waals surface area contributed by atoms with E-state index in [0.717, 1.165) is 29.9 Å². The number of benzene rings is 1. The number of anilines is 1. The molecular weight excluding hydrogens is 272 g/mol. The highest BCUT2D eigenvalue weighted by atomic mass is 35.5. The maximum atomic E-state index is 12.0. The van der Waals surface area contributed by atoms with Crippen LogP contribution in [0.2, 0.25) is 5.02 Å². The average Bonchev–Trinajstić information content (AvgIpc) is 2.38. The Kier molecular flexibility index (Phi) is 7.03. The van der Waals surface area contributed by atoms with Gasteiger partial charge in [0.1, 0.15) is 0 Å². The first-order valence-corrected chi connectivity index (χ1v) is 7.57. The summed E-state index contributed by atoms with van der Waals surface area (Å²) in [7, 11) is 2.05. The van der Waals surface area contributed by atoms with Crippen molar-refractivity contribution >= 4 is 23.2 Å². The van der Waals surface area contributed by atoms with Crippen LogP contribution >= 0.6 is 11.6 Å². The van der Waals surface area contributed by atoms with Crippen molar-refractivity contribution in [3.63, 3.8) is 0 Å². The van der Waals surface area contributed by atoms with Crippen molar-refractivity contribution in [2.45, 2.75) is 40.0 Å². The van der Waals surface area contributed by atoms with Gasteiger partial charge in [0, 0.05) is 13.0 Å². The molecule has 4 heteroatoms. The van der Waals surface area contributed by atoms with Gasteiger partial charge in [0.25, 0.3) is 0 Å². The normalized spacial score (nSPS) is 10.9. The Morgan fingerprint density at radius 3 is 2.60 bits per heavy atom. The highest BCUT2D eigenvalue weighted by molar-refractivity contribution is 6.34. The molecule has 0 saturated heterocycles. The molecule has 3 nitrogen and oxygen atoms in total. The number of unbranched alkanes of at least 4 members (excludes halogenated alkanes) is 1. The van der Waals surface area contributed by atoms with Crippen LogP contribution in [0.25, 0.3) is 0 Å². The summed E-state index contributed by atoms with van der Waals surface area (Å²) in [5.41, 5.74) is 2.84. The minimum Gasteiger partial charge on any atom is -0.325 e. The predicted molar refractivity (Wildman–Crippen MR) is 86.6 cm³/mol. The molecule has 0 spiro atoms. The summed E-state index contributed by atoms with van der Waals surface area (Å²) in [6, 6.07) is 3.90. The smallest absolute Gasteiger partial charge is 0.225 e. The second-order valence-corrected chi connectivity index (χ2v) is 5.80. The van der Waals surface area contributed by atoms with E-state index >= 15 is 0 Å². The van der Waals surface area contributed by atoms with Gasteiger partial charge >= 0.3 is 0 Å². The number of hydrogen-bond acceptors (Lipinski definition) is 2. The molecule has 1 amide bonds. The van der Waals surface area contributed by atoms with E-state index in [-0.39, 0.29) is 5.91 Å². The molecule has 1 N–H and O–H groups in total. The molecule has 0 aliphatic rings. The van der Waals surface area contributed by atoms with Crippen molar-refractivity contribution in [3.05, 3.63) is 28.3 Å². The Hall–Kier alpha value is -1.06. The molecule has 0 radical (unpaired) electrons. The Balaban J connectivity index is 2.51. The first kappa shape index (κ1) is 17.0. The van der Waals surface area contributed by atoms with Crippen LogP contribution < -0.4 is 5.32 Å². The van der Waals surface area contributed by atoms with Crippen molar-refractivity contribution in [3.8, 4) is 0 Å². The SMILES string of the molecule is CCCCN(C)CCC(=O)Nc1c(C)cc(C)cc1Cl. The van der Waals surface area contributed by atoms with Crippen LogP contribution in [-0.4, -0.2) is 30.9 Å². The number of nitrogens with one attached hydrogen (secondary N) is 1. The van der Waals surface area contributed by atoms with E-state index in [1.54, 1.807) is 0 Å². The second-order valence-electron chi connectivity index (χ2n) is 5.39. The highest BCUT2D eigenvalue weighted by Crippen LogP contribution is 2.27. The number of hydrogen-bond donors (Lipinski definition) is 1. The van der Waals surface area contributed by atoms with E-state index in [4.69, 9.17) is 11.6 Å². The van der Waals surface area contributed by atoms with E-state index in [1.165, 1.54) is 12.8 Å². The number of rotatable bonds is 7. The fourth-order valence-corrected chi connectivity index (χ4v) is 2.48. The number of halogens is 1. The molecular formula is C16H25ClN2O. The van der Waals surface area contributed by atoms with Crippen molar-refractivity contribution in [2.24, 2.45) is 0 Å². The van der Waals surface area contributed by atoms with E-state index in [2.05, 4.69) is 17.1 Å². The Morgan fingerprint density at radius 2 is 2.00 bits per heavy atom. The molecule has 0 heterocycles. The third-order valence-corrected chi connectivity index (χ3v) is 3.61. The summed E-state index contributed by atoms with van der Waals surface area (Å²) in [5.74, 6) is 0.0159. The molecule has 1 rings (SSSR count). The summed E-state index contributed by atoms with van der Waals surface area (Å²) in [5, 5.41) is 3.53. The van der Waals surface area contributed by atoms with Crippen LogP contribution in [-0.2, 0) is 4.79 Å². The van der Waals surface area contributed by atoms with Gasteiger partial charge in [-0.2, -0.15) is 0 Å². The lowest BCUT2D eigenvalue weighted by molar-refractivity contribution is -0.116. The van der Waals surface area contributed by atoms with Gasteiger partial charge in [-0.15, -0.1) is 0 Å². The number of aryl methyl sites for hydroxylation is 2. The molecule has 112 valence electrons. The molecule has 0 aliphatic carbocycles. The largest absolute Gasteiger partial charge is 0.325 e. The van der Waals surface area contributed by atoms with Crippen molar-refractivity contribution < 1.29 is 4.79 Å². The molecule has 0 aromatic heterocycles. The first-order chi connectivity index (χ1) is 9.43. The van der Waals surface area contributed by atoms with Gasteiger partial charge in [-0.05, 0) is 51.1 Å². The zero-order valence-electron chi connectivity index (χ0n) is 12.9. The van der Waals surface area contributed by atoms with Crippen molar-refractivity contribution in [1.29, 1.82) is 0 Å². The van der Waals surface area contributed by atoms with Gasteiger partial charge in [-0.1, -0.05) is 31.0 Å². The fourth-order valence-electron chi connectivity index (χ4n) is 2.11. The zero-order valence-corrected chi connectivity index (χ0v) is 13.7. The lowest BCUT2D eigenvalue weighted by Crippen LogP contribution is -2.25. The average molecular weight is 297 g/mol. The Labute approximate surface area is 127 Å². The molecule has 1 aromatic rings. The van der Waals surface area contributed by atoms with Crippen molar-refractivity contribution in [2.75, 3.05) is 25.5 Å². The zero-order chi connectivity index (χ0) is 15.1. The second kappa shape index (κ2) is 8.28. The number of amides is 1. The highest BCUT2D eigenvalue weighted by Gasteiger charge is 2.10. The lowest BCUT2D eigenvalue weighted by Gasteiger charge is -2.16. The van der Waals surface area contributed by atoms with Crippen LogP contribution in [0.1, 0.15) is 37.3 Å². The number of carbonyl (C=O) groups excluding carboxylic acids is 1. The Bertz CT molecular complexity index is 437. The van der Waals surface area contributed by atoms with Gasteiger partial charge < -0.3 is 10.2 Å². The maximum absolute atomic E-state index is 12.0. The standard InChI is InChI=1S/C16H25ClN2O/c1-5-6-8-19(4)9-7-15(20)18-16-13(3)10-12(2)11-14(16)17/h10-11H,5-9H2,1-4H3,(H,18,20). The molecule has 0 fully saturated rings. The summed E-state index contributed by atoms with van der Waals surface area (Å²) in [4.78, 5) is 14.2. The van der Waals surface area contributed by atoms with Crippen LogP contribution in [0.4, 0.5) is 5.69 Å². The molecule has 20 heavy (non-hydrogen) atoms. The van der Waals surface area contributed by atoms with Gasteiger partial charge in [-0.3, -0.25) is 4.79 Å². The van der Waals surface area contributed by atoms with Gasteiger partial charge in [0.2, 0.25) is 5.91 Å². The minimum atomic E-state index is 0.0159. The molecule has 0 unspecified atom stereocenters. The third-order valence-electron chi connectivity index (χ3n) is 3.31. The Morgan fingerprint density at radius 1 is 1.30 bits per heavy atom. The van der Waals surface area contributed by atoms with Gasteiger partial charge in [0.15, 0.2) is 0 Å². The maximum Gasteiger partial charge on any atom is 0.225 e. The topological polar surface area (TPSA) is 32.3 Å². The van der Waals surface area contributed by atoms with Crippen molar-refractivity contribution in [1.82, 2.24) is 4.90 Å². The van der Waals surface area contributed by atoms with Crippen LogP contribution in [0.3, 0.4) is 0 Å². The lowest BCUT2D eigenvalue weighted by atomic mass is 10.1. The van der Waals surface area contributed by atoms with E-state index in [0.29, 0.717) is 11.4 Å². The molecule has 0 saturated carbocycles. The van der Waals surface area contributed by atoms with Crippen LogP contribution in [0, 0.1) is 13.8 Å². The first-order valence-electron chi connectivity index (χ1n) is 7.19. The van der Waals surface area contributed by atoms with Crippen LogP contribution in [0.5, 0.6) is 0 Å².